The lowest BCUT2D eigenvalue weighted by Gasteiger charge is -2.14. The zero-order valence-electron chi connectivity index (χ0n) is 18.1. The topological polar surface area (TPSA) is 92.8 Å². The smallest absolute Gasteiger partial charge is 0.337 e. The van der Waals surface area contributed by atoms with E-state index in [-0.39, 0.29) is 24.0 Å². The van der Waals surface area contributed by atoms with Gasteiger partial charge in [-0.2, -0.15) is 0 Å². The molecule has 170 valence electrons. The summed E-state index contributed by atoms with van der Waals surface area (Å²) in [5, 5.41) is 2.78. The Labute approximate surface area is 201 Å². The minimum Gasteiger partial charge on any atom is -0.465 e. The number of thiocarbonyl (C=S) groups is 1. The van der Waals surface area contributed by atoms with Crippen molar-refractivity contribution in [3.63, 3.8) is 0 Å². The Hall–Kier alpha value is -3.30. The average molecular weight is 483 g/mol. The number of Topliss-reactive ketones (excluding diaryl/α,β-unsaturated/α-hetero) is 1. The summed E-state index contributed by atoms with van der Waals surface area (Å²) in [4.78, 5) is 49.8. The molecule has 1 aliphatic heterocycles. The molecule has 2 aromatic carbocycles. The summed E-state index contributed by atoms with van der Waals surface area (Å²) in [6.07, 6.45) is 2.39. The largest absolute Gasteiger partial charge is 0.465 e. The molecule has 1 N–H and O–H groups in total. The number of anilines is 1. The highest BCUT2D eigenvalue weighted by molar-refractivity contribution is 8.26. The Bertz CT molecular complexity index is 1120. The minimum absolute atomic E-state index is 0.0383. The second-order valence-electron chi connectivity index (χ2n) is 7.23. The van der Waals surface area contributed by atoms with Crippen LogP contribution < -0.4 is 5.32 Å². The van der Waals surface area contributed by atoms with Crippen molar-refractivity contribution in [2.24, 2.45) is 0 Å². The number of carbonyl (C=O) groups excluding carboxylic acids is 4. The number of thioether (sulfide) groups is 1. The number of nitrogens with zero attached hydrogens (tertiary/aromatic N) is 1. The van der Waals surface area contributed by atoms with Gasteiger partial charge in [0.1, 0.15) is 4.32 Å². The lowest BCUT2D eigenvalue weighted by molar-refractivity contribution is -0.122. The number of hydrogen-bond donors (Lipinski definition) is 1. The number of nitrogens with one attached hydrogen (secondary N) is 1. The van der Waals surface area contributed by atoms with Crippen molar-refractivity contribution in [2.45, 2.75) is 19.8 Å². The third kappa shape index (κ3) is 6.36. The standard InChI is InChI=1S/C24H22N2O5S2/c1-15(27)17-9-11-19(12-10-17)25-21(28)4-3-13-26-22(29)20(33-24(26)32)14-16-5-7-18(8-6-16)23(30)31-2/h5-12,14H,3-4,13H2,1-2H3,(H,25,28). The first-order valence-corrected chi connectivity index (χ1v) is 11.4. The number of ketones is 1. The third-order valence-corrected chi connectivity index (χ3v) is 6.24. The van der Waals surface area contributed by atoms with E-state index in [9.17, 15) is 19.2 Å². The molecule has 0 radical (unpaired) electrons. The van der Waals surface area contributed by atoms with Crippen molar-refractivity contribution in [2.75, 3.05) is 19.0 Å². The predicted octanol–water partition coefficient (Wildman–Crippen LogP) is 4.30. The van der Waals surface area contributed by atoms with Gasteiger partial charge in [-0.25, -0.2) is 4.79 Å². The fourth-order valence-corrected chi connectivity index (χ4v) is 4.40. The maximum Gasteiger partial charge on any atom is 0.337 e. The number of methoxy groups -OCH3 is 1. The van der Waals surface area contributed by atoms with E-state index in [0.29, 0.717) is 39.0 Å². The first-order valence-electron chi connectivity index (χ1n) is 10.1. The minimum atomic E-state index is -0.426. The quantitative estimate of drug-likeness (QED) is 0.260. The molecule has 2 aromatic rings. The molecule has 1 saturated heterocycles. The molecule has 1 fully saturated rings. The molecule has 0 spiro atoms. The molecule has 7 nitrogen and oxygen atoms in total. The van der Waals surface area contributed by atoms with E-state index in [0.717, 1.165) is 5.56 Å². The molecular weight excluding hydrogens is 460 g/mol. The molecule has 0 atom stereocenters. The van der Waals surface area contributed by atoms with E-state index in [1.165, 1.54) is 30.7 Å². The number of ether oxygens (including phenoxy) is 1. The molecular formula is C24H22N2O5S2. The van der Waals surface area contributed by atoms with Crippen LogP contribution in [0.25, 0.3) is 6.08 Å². The highest BCUT2D eigenvalue weighted by Gasteiger charge is 2.31. The fourth-order valence-electron chi connectivity index (χ4n) is 3.09. The summed E-state index contributed by atoms with van der Waals surface area (Å²) in [7, 11) is 1.32. The van der Waals surface area contributed by atoms with Crippen LogP contribution in [0.4, 0.5) is 5.69 Å². The van der Waals surface area contributed by atoms with Gasteiger partial charge in [-0.05, 0) is 61.4 Å². The lowest BCUT2D eigenvalue weighted by Crippen LogP contribution is -2.29. The normalized spacial score (nSPS) is 14.5. The van der Waals surface area contributed by atoms with E-state index >= 15 is 0 Å². The fraction of sp³-hybridized carbons (Fsp3) is 0.208. The zero-order chi connectivity index (χ0) is 24.0. The van der Waals surface area contributed by atoms with Gasteiger partial charge < -0.3 is 10.1 Å². The van der Waals surface area contributed by atoms with Crippen LogP contribution in [0, 0.1) is 0 Å². The van der Waals surface area contributed by atoms with Gasteiger partial charge in [0.25, 0.3) is 5.91 Å². The van der Waals surface area contributed by atoms with Crippen molar-refractivity contribution in [3.8, 4) is 0 Å². The van der Waals surface area contributed by atoms with Crippen LogP contribution >= 0.6 is 24.0 Å². The molecule has 0 aromatic heterocycles. The Morgan fingerprint density at radius 3 is 2.30 bits per heavy atom. The summed E-state index contributed by atoms with van der Waals surface area (Å²) < 4.78 is 5.12. The van der Waals surface area contributed by atoms with Gasteiger partial charge in [0.2, 0.25) is 5.91 Å². The lowest BCUT2D eigenvalue weighted by atomic mass is 10.1. The Kier molecular flexibility index (Phi) is 8.13. The van der Waals surface area contributed by atoms with E-state index in [1.807, 2.05) is 0 Å². The Morgan fingerprint density at radius 1 is 1.06 bits per heavy atom. The van der Waals surface area contributed by atoms with Gasteiger partial charge in [-0.15, -0.1) is 0 Å². The SMILES string of the molecule is COC(=O)c1ccc(C=C2SC(=S)N(CCCC(=O)Nc3ccc(C(C)=O)cc3)C2=O)cc1. The summed E-state index contributed by atoms with van der Waals surface area (Å²) >= 11 is 6.54. The van der Waals surface area contributed by atoms with Gasteiger partial charge in [0.15, 0.2) is 5.78 Å². The maximum absolute atomic E-state index is 12.7. The van der Waals surface area contributed by atoms with Crippen molar-refractivity contribution < 1.29 is 23.9 Å². The molecule has 1 heterocycles. The number of rotatable bonds is 8. The number of esters is 1. The molecule has 0 aliphatic carbocycles. The molecule has 3 rings (SSSR count). The van der Waals surface area contributed by atoms with Crippen LogP contribution in [0.5, 0.6) is 0 Å². The van der Waals surface area contributed by atoms with E-state index in [4.69, 9.17) is 12.2 Å². The highest BCUT2D eigenvalue weighted by atomic mass is 32.2. The number of hydrogen-bond acceptors (Lipinski definition) is 7. The van der Waals surface area contributed by atoms with Gasteiger partial charge in [-0.3, -0.25) is 19.3 Å². The van der Waals surface area contributed by atoms with E-state index in [1.54, 1.807) is 54.6 Å². The third-order valence-electron chi connectivity index (χ3n) is 4.86. The number of benzene rings is 2. The predicted molar refractivity (Wildman–Crippen MR) is 132 cm³/mol. The van der Waals surface area contributed by atoms with E-state index in [2.05, 4.69) is 10.1 Å². The summed E-state index contributed by atoms with van der Waals surface area (Å²) in [5.74, 6) is -0.854. The maximum atomic E-state index is 12.7. The average Bonchev–Trinajstić information content (AvgIpc) is 3.06. The first kappa shape index (κ1) is 24.3. The second kappa shape index (κ2) is 11.0. The Balaban J connectivity index is 1.52. The monoisotopic (exact) mass is 482 g/mol. The van der Waals surface area contributed by atoms with Crippen LogP contribution in [0.1, 0.15) is 46.0 Å². The molecule has 33 heavy (non-hydrogen) atoms. The highest BCUT2D eigenvalue weighted by Crippen LogP contribution is 2.32. The molecule has 0 unspecified atom stereocenters. The molecule has 2 amide bonds. The zero-order valence-corrected chi connectivity index (χ0v) is 19.8. The van der Waals surface area contributed by atoms with Crippen molar-refractivity contribution in [1.29, 1.82) is 0 Å². The van der Waals surface area contributed by atoms with Crippen molar-refractivity contribution in [1.82, 2.24) is 4.90 Å². The van der Waals surface area contributed by atoms with Crippen LogP contribution in [0.2, 0.25) is 0 Å². The van der Waals surface area contributed by atoms with Crippen LogP contribution in [-0.2, 0) is 14.3 Å². The van der Waals surface area contributed by atoms with Crippen LogP contribution in [0.3, 0.4) is 0 Å². The first-order chi connectivity index (χ1) is 15.8. The van der Waals surface area contributed by atoms with Crippen LogP contribution in [0.15, 0.2) is 53.4 Å². The van der Waals surface area contributed by atoms with Crippen molar-refractivity contribution >= 4 is 63.6 Å². The summed E-state index contributed by atoms with van der Waals surface area (Å²) in [5.41, 5.74) is 2.38. The molecule has 1 aliphatic rings. The summed E-state index contributed by atoms with van der Waals surface area (Å²) in [6, 6.07) is 13.4. The molecule has 9 heteroatoms. The second-order valence-corrected chi connectivity index (χ2v) is 8.91. The molecule has 0 bridgehead atoms. The van der Waals surface area contributed by atoms with E-state index < -0.39 is 5.97 Å². The molecule has 0 saturated carbocycles. The van der Waals surface area contributed by atoms with Crippen molar-refractivity contribution in [3.05, 3.63) is 70.1 Å². The number of carbonyl (C=O) groups is 4. The summed E-state index contributed by atoms with van der Waals surface area (Å²) in [6.45, 7) is 1.82. The van der Waals surface area contributed by atoms with Gasteiger partial charge in [-0.1, -0.05) is 36.1 Å². The van der Waals surface area contributed by atoms with Gasteiger partial charge in [0, 0.05) is 24.2 Å². The Morgan fingerprint density at radius 2 is 1.70 bits per heavy atom. The van der Waals surface area contributed by atoms with Gasteiger partial charge in [0.05, 0.1) is 17.6 Å². The van der Waals surface area contributed by atoms with Crippen LogP contribution in [-0.4, -0.2) is 46.4 Å². The number of amides is 2. The van der Waals surface area contributed by atoms with Gasteiger partial charge >= 0.3 is 5.97 Å².